The lowest BCUT2D eigenvalue weighted by Crippen LogP contribution is -2.05. The van der Waals surface area contributed by atoms with Crippen LogP contribution < -0.4 is 0 Å². The molecule has 0 aliphatic rings. The lowest BCUT2D eigenvalue weighted by atomic mass is 10.3. The van der Waals surface area contributed by atoms with E-state index in [1.54, 1.807) is 0 Å². The number of hydrogen-bond donors (Lipinski definition) is 0. The van der Waals surface area contributed by atoms with Gasteiger partial charge in [-0.15, -0.1) is 0 Å². The Bertz CT molecular complexity index is 586. The molecular weight excluding hydrogens is 348 g/mol. The monoisotopic (exact) mass is 352 g/mol. The molecule has 0 spiro atoms. The third kappa shape index (κ3) is 3.66. The highest BCUT2D eigenvalue weighted by Crippen LogP contribution is 2.32. The Hall–Kier alpha value is -1.15. The first-order valence-corrected chi connectivity index (χ1v) is 6.49. The zero-order chi connectivity index (χ0) is 14.0. The van der Waals surface area contributed by atoms with E-state index in [0.29, 0.717) is 10.7 Å². The molecule has 2 rings (SSSR count). The summed E-state index contributed by atoms with van der Waals surface area (Å²) in [6.07, 6.45) is -2.33. The quantitative estimate of drug-likeness (QED) is 0.741. The van der Waals surface area contributed by atoms with Gasteiger partial charge in [-0.1, -0.05) is 0 Å². The van der Waals surface area contributed by atoms with E-state index in [2.05, 4.69) is 25.9 Å². The van der Waals surface area contributed by atoms with Gasteiger partial charge in [0.1, 0.15) is 10.1 Å². The van der Waals surface area contributed by atoms with Crippen LogP contribution in [0.5, 0.6) is 0 Å². The molecule has 8 heteroatoms. The summed E-state index contributed by atoms with van der Waals surface area (Å²) in [5.41, 5.74) is -0.846. The standard InChI is InChI=1S/C11H5BrF4N2S/c12-7-3-8(13)10(18-5-7)19-9-2-1-6(4-17-9)11(14,15)16/h1-5H. The van der Waals surface area contributed by atoms with Gasteiger partial charge in [0.15, 0.2) is 5.82 Å². The molecule has 19 heavy (non-hydrogen) atoms. The fourth-order valence-corrected chi connectivity index (χ4v) is 2.19. The number of hydrogen-bond acceptors (Lipinski definition) is 3. The van der Waals surface area contributed by atoms with Gasteiger partial charge in [0, 0.05) is 16.9 Å². The molecule has 2 heterocycles. The molecule has 0 fully saturated rings. The first kappa shape index (κ1) is 14.3. The Balaban J connectivity index is 2.20. The average Bonchev–Trinajstić information content (AvgIpc) is 2.32. The molecule has 0 N–H and O–H groups in total. The van der Waals surface area contributed by atoms with Gasteiger partial charge < -0.3 is 0 Å². The van der Waals surface area contributed by atoms with Gasteiger partial charge in [-0.2, -0.15) is 13.2 Å². The minimum Gasteiger partial charge on any atom is -0.249 e. The van der Waals surface area contributed by atoms with E-state index in [1.807, 2.05) is 0 Å². The molecule has 0 amide bonds. The lowest BCUT2D eigenvalue weighted by Gasteiger charge is -2.06. The van der Waals surface area contributed by atoms with Crippen molar-refractivity contribution in [1.29, 1.82) is 0 Å². The highest BCUT2D eigenvalue weighted by atomic mass is 79.9. The van der Waals surface area contributed by atoms with Crippen molar-refractivity contribution in [3.63, 3.8) is 0 Å². The second-order valence-electron chi connectivity index (χ2n) is 3.43. The predicted molar refractivity (Wildman–Crippen MR) is 65.3 cm³/mol. The number of halogens is 5. The molecule has 0 saturated carbocycles. The SMILES string of the molecule is Fc1cc(Br)cnc1Sc1ccc(C(F)(F)F)cn1. The zero-order valence-electron chi connectivity index (χ0n) is 9.08. The van der Waals surface area contributed by atoms with Gasteiger partial charge in [-0.3, -0.25) is 0 Å². The van der Waals surface area contributed by atoms with Crippen LogP contribution in [-0.2, 0) is 6.18 Å². The summed E-state index contributed by atoms with van der Waals surface area (Å²) in [5, 5.41) is 0.289. The Morgan fingerprint density at radius 3 is 2.37 bits per heavy atom. The van der Waals surface area contributed by atoms with E-state index in [1.165, 1.54) is 18.3 Å². The summed E-state index contributed by atoms with van der Waals surface area (Å²) in [4.78, 5) is 7.45. The lowest BCUT2D eigenvalue weighted by molar-refractivity contribution is -0.137. The van der Waals surface area contributed by atoms with Crippen LogP contribution in [0, 0.1) is 5.82 Å². The van der Waals surface area contributed by atoms with Gasteiger partial charge in [-0.05, 0) is 45.9 Å². The third-order valence-corrected chi connectivity index (χ3v) is 3.42. The van der Waals surface area contributed by atoms with Crippen molar-refractivity contribution in [2.24, 2.45) is 0 Å². The van der Waals surface area contributed by atoms with Crippen LogP contribution in [0.15, 0.2) is 45.1 Å². The normalized spacial score (nSPS) is 11.6. The summed E-state index contributed by atoms with van der Waals surface area (Å²) < 4.78 is 51.0. The van der Waals surface area contributed by atoms with E-state index in [0.717, 1.165) is 17.8 Å². The molecule has 0 unspecified atom stereocenters. The maximum absolute atomic E-state index is 13.5. The Kier molecular flexibility index (Phi) is 4.10. The van der Waals surface area contributed by atoms with E-state index in [4.69, 9.17) is 0 Å². The van der Waals surface area contributed by atoms with Crippen LogP contribution in [0.3, 0.4) is 0 Å². The molecule has 0 aliphatic carbocycles. The number of pyridine rings is 2. The van der Waals surface area contributed by atoms with Crippen LogP contribution in [0.4, 0.5) is 17.6 Å². The van der Waals surface area contributed by atoms with E-state index in [-0.39, 0.29) is 10.1 Å². The second kappa shape index (κ2) is 5.46. The Morgan fingerprint density at radius 2 is 1.84 bits per heavy atom. The number of rotatable bonds is 2. The minimum absolute atomic E-state index is 0.0514. The molecule has 0 bridgehead atoms. The maximum Gasteiger partial charge on any atom is 0.417 e. The topological polar surface area (TPSA) is 25.8 Å². The van der Waals surface area contributed by atoms with E-state index >= 15 is 0 Å². The van der Waals surface area contributed by atoms with Crippen molar-refractivity contribution in [3.8, 4) is 0 Å². The first-order valence-electron chi connectivity index (χ1n) is 4.88. The molecule has 0 aromatic carbocycles. The summed E-state index contributed by atoms with van der Waals surface area (Å²) in [6, 6.07) is 3.29. The Morgan fingerprint density at radius 1 is 1.11 bits per heavy atom. The van der Waals surface area contributed by atoms with Crippen LogP contribution in [0.1, 0.15) is 5.56 Å². The van der Waals surface area contributed by atoms with Crippen LogP contribution in [-0.4, -0.2) is 9.97 Å². The maximum atomic E-state index is 13.5. The van der Waals surface area contributed by atoms with Crippen molar-refractivity contribution < 1.29 is 17.6 Å². The summed E-state index contributed by atoms with van der Waals surface area (Å²) >= 11 is 3.92. The van der Waals surface area contributed by atoms with Crippen molar-refractivity contribution >= 4 is 27.7 Å². The molecule has 0 saturated heterocycles. The second-order valence-corrected chi connectivity index (χ2v) is 5.35. The summed E-state index contributed by atoms with van der Waals surface area (Å²) in [7, 11) is 0. The number of alkyl halides is 3. The zero-order valence-corrected chi connectivity index (χ0v) is 11.5. The number of nitrogens with zero attached hydrogens (tertiary/aromatic N) is 2. The molecule has 2 aromatic heterocycles. The van der Waals surface area contributed by atoms with Gasteiger partial charge >= 0.3 is 6.18 Å². The van der Waals surface area contributed by atoms with Gasteiger partial charge in [0.2, 0.25) is 0 Å². The highest BCUT2D eigenvalue weighted by Gasteiger charge is 2.30. The molecule has 0 atom stereocenters. The average molecular weight is 353 g/mol. The predicted octanol–water partition coefficient (Wildman–Crippen LogP) is 4.55. The summed E-state index contributed by atoms with van der Waals surface area (Å²) in [6.45, 7) is 0. The smallest absolute Gasteiger partial charge is 0.249 e. The van der Waals surface area contributed by atoms with Crippen molar-refractivity contribution in [2.45, 2.75) is 16.2 Å². The van der Waals surface area contributed by atoms with E-state index < -0.39 is 17.6 Å². The van der Waals surface area contributed by atoms with E-state index in [9.17, 15) is 17.6 Å². The molecule has 0 aliphatic heterocycles. The molecule has 100 valence electrons. The highest BCUT2D eigenvalue weighted by molar-refractivity contribution is 9.10. The molecular formula is C11H5BrF4N2S. The van der Waals surface area contributed by atoms with Crippen LogP contribution in [0.25, 0.3) is 0 Å². The number of aromatic nitrogens is 2. The van der Waals surface area contributed by atoms with Crippen molar-refractivity contribution in [3.05, 3.63) is 46.4 Å². The Labute approximate surface area is 118 Å². The fraction of sp³-hybridized carbons (Fsp3) is 0.0909. The van der Waals surface area contributed by atoms with Gasteiger partial charge in [-0.25, -0.2) is 14.4 Å². The van der Waals surface area contributed by atoms with Crippen molar-refractivity contribution in [2.75, 3.05) is 0 Å². The third-order valence-electron chi connectivity index (χ3n) is 2.04. The molecule has 2 nitrogen and oxygen atoms in total. The molecule has 0 radical (unpaired) electrons. The van der Waals surface area contributed by atoms with Gasteiger partial charge in [0.25, 0.3) is 0 Å². The summed E-state index contributed by atoms with van der Waals surface area (Å²) in [5.74, 6) is -0.568. The first-order chi connectivity index (χ1) is 8.86. The fourth-order valence-electron chi connectivity index (χ4n) is 1.18. The van der Waals surface area contributed by atoms with Crippen molar-refractivity contribution in [1.82, 2.24) is 9.97 Å². The molecule has 2 aromatic rings. The van der Waals surface area contributed by atoms with Crippen LogP contribution >= 0.6 is 27.7 Å². The minimum atomic E-state index is -4.43. The van der Waals surface area contributed by atoms with Gasteiger partial charge in [0.05, 0.1) is 5.56 Å². The largest absolute Gasteiger partial charge is 0.417 e. The van der Waals surface area contributed by atoms with Crippen LogP contribution in [0.2, 0.25) is 0 Å².